The summed E-state index contributed by atoms with van der Waals surface area (Å²) in [7, 11) is 0. The van der Waals surface area contributed by atoms with Gasteiger partial charge in [-0.25, -0.2) is 0 Å². The third kappa shape index (κ3) is 3.48. The van der Waals surface area contributed by atoms with Crippen LogP contribution in [-0.4, -0.2) is 51.0 Å². The minimum Gasteiger partial charge on any atom is -0.480 e. The molecule has 1 aliphatic heterocycles. The van der Waals surface area contributed by atoms with Crippen molar-refractivity contribution in [2.75, 3.05) is 18.8 Å². The third-order valence-electron chi connectivity index (χ3n) is 1.58. The zero-order valence-corrected chi connectivity index (χ0v) is 9.19. The fourth-order valence-corrected chi connectivity index (χ4v) is 1.98. The standard InChI is InChI=1S/C7H8N2O4S2/c10-4(8-1-6(12)13)2-9-5(11)3-15-7(9)14/h1-3H2,(H,8,10)(H,12,13). The van der Waals surface area contributed by atoms with Gasteiger partial charge in [0.2, 0.25) is 11.8 Å². The van der Waals surface area contributed by atoms with E-state index in [0.717, 1.165) is 4.90 Å². The molecule has 1 aliphatic rings. The van der Waals surface area contributed by atoms with Crippen LogP contribution in [0, 0.1) is 0 Å². The Morgan fingerprint density at radius 3 is 2.73 bits per heavy atom. The zero-order valence-electron chi connectivity index (χ0n) is 7.56. The van der Waals surface area contributed by atoms with E-state index in [0.29, 0.717) is 4.32 Å². The molecule has 8 heteroatoms. The van der Waals surface area contributed by atoms with Gasteiger partial charge in [-0.1, -0.05) is 24.0 Å². The minimum absolute atomic E-state index is 0.210. The van der Waals surface area contributed by atoms with Gasteiger partial charge in [0, 0.05) is 0 Å². The van der Waals surface area contributed by atoms with Gasteiger partial charge >= 0.3 is 5.97 Å². The van der Waals surface area contributed by atoms with Gasteiger partial charge in [0.15, 0.2) is 0 Å². The van der Waals surface area contributed by atoms with Crippen molar-refractivity contribution in [2.24, 2.45) is 0 Å². The third-order valence-corrected chi connectivity index (χ3v) is 3.01. The van der Waals surface area contributed by atoms with Gasteiger partial charge in [-0.15, -0.1) is 0 Å². The van der Waals surface area contributed by atoms with Crippen LogP contribution >= 0.6 is 24.0 Å². The van der Waals surface area contributed by atoms with E-state index in [1.807, 2.05) is 0 Å². The number of carboxylic acids is 1. The first-order chi connectivity index (χ1) is 7.00. The van der Waals surface area contributed by atoms with E-state index in [2.05, 4.69) is 5.32 Å². The number of nitrogens with zero attached hydrogens (tertiary/aromatic N) is 1. The van der Waals surface area contributed by atoms with Crippen LogP contribution in [0.25, 0.3) is 0 Å². The van der Waals surface area contributed by atoms with E-state index in [1.54, 1.807) is 0 Å². The molecule has 0 aliphatic carbocycles. The van der Waals surface area contributed by atoms with Crippen molar-refractivity contribution in [1.29, 1.82) is 0 Å². The average molecular weight is 248 g/mol. The highest BCUT2D eigenvalue weighted by Gasteiger charge is 2.28. The monoisotopic (exact) mass is 248 g/mol. The molecule has 1 heterocycles. The Morgan fingerprint density at radius 2 is 2.27 bits per heavy atom. The van der Waals surface area contributed by atoms with Crippen molar-refractivity contribution in [2.45, 2.75) is 0 Å². The maximum Gasteiger partial charge on any atom is 0.322 e. The average Bonchev–Trinajstić information content (AvgIpc) is 2.46. The molecule has 0 aromatic carbocycles. The van der Waals surface area contributed by atoms with Crippen molar-refractivity contribution in [1.82, 2.24) is 10.2 Å². The molecule has 2 N–H and O–H groups in total. The normalized spacial score (nSPS) is 15.6. The lowest BCUT2D eigenvalue weighted by Gasteiger charge is -2.13. The molecule has 0 spiro atoms. The minimum atomic E-state index is -1.13. The van der Waals surface area contributed by atoms with Crippen LogP contribution in [0.5, 0.6) is 0 Å². The number of carbonyl (C=O) groups excluding carboxylic acids is 2. The summed E-state index contributed by atoms with van der Waals surface area (Å²) in [6.07, 6.45) is 0. The molecule has 0 aromatic rings. The predicted molar refractivity (Wildman–Crippen MR) is 57.4 cm³/mol. The summed E-state index contributed by atoms with van der Waals surface area (Å²) in [5, 5.41) is 10.5. The second kappa shape index (κ2) is 5.08. The summed E-state index contributed by atoms with van der Waals surface area (Å²) in [4.78, 5) is 33.6. The number of thiocarbonyl (C=S) groups is 1. The number of aliphatic carboxylic acids is 1. The number of hydrogen-bond acceptors (Lipinski definition) is 5. The molecule has 0 aromatic heterocycles. The van der Waals surface area contributed by atoms with Crippen LogP contribution in [0.4, 0.5) is 0 Å². The van der Waals surface area contributed by atoms with Gasteiger partial charge in [0.05, 0.1) is 5.75 Å². The summed E-state index contributed by atoms with van der Waals surface area (Å²) in [5.74, 6) is -1.65. The second-order valence-corrected chi connectivity index (χ2v) is 4.31. The molecule has 82 valence electrons. The number of carboxylic acid groups (broad SMARTS) is 1. The Balaban J connectivity index is 2.40. The molecule has 0 atom stereocenters. The maximum atomic E-state index is 11.2. The molecule has 0 radical (unpaired) electrons. The van der Waals surface area contributed by atoms with Gasteiger partial charge in [-0.3, -0.25) is 19.3 Å². The highest BCUT2D eigenvalue weighted by Crippen LogP contribution is 2.18. The molecule has 1 fully saturated rings. The van der Waals surface area contributed by atoms with E-state index in [9.17, 15) is 14.4 Å². The Kier molecular flexibility index (Phi) is 4.04. The van der Waals surface area contributed by atoms with E-state index in [1.165, 1.54) is 11.8 Å². The Hall–Kier alpha value is -1.15. The molecule has 15 heavy (non-hydrogen) atoms. The Labute approximate surface area is 95.0 Å². The number of thioether (sulfide) groups is 1. The van der Waals surface area contributed by atoms with Gasteiger partial charge in [-0.05, 0) is 0 Å². The van der Waals surface area contributed by atoms with Crippen LogP contribution in [0.2, 0.25) is 0 Å². The molecule has 1 rings (SSSR count). The maximum absolute atomic E-state index is 11.2. The van der Waals surface area contributed by atoms with Crippen molar-refractivity contribution in [3.63, 3.8) is 0 Å². The summed E-state index contributed by atoms with van der Waals surface area (Å²) in [6, 6.07) is 0. The summed E-state index contributed by atoms with van der Waals surface area (Å²) in [6.45, 7) is -0.668. The molecular formula is C7H8N2O4S2. The lowest BCUT2D eigenvalue weighted by atomic mass is 10.5. The topological polar surface area (TPSA) is 86.7 Å². The van der Waals surface area contributed by atoms with Crippen molar-refractivity contribution < 1.29 is 19.5 Å². The summed E-state index contributed by atoms with van der Waals surface area (Å²) in [5.41, 5.74) is 0. The zero-order chi connectivity index (χ0) is 11.4. The first-order valence-electron chi connectivity index (χ1n) is 3.96. The van der Waals surface area contributed by atoms with E-state index in [4.69, 9.17) is 17.3 Å². The molecule has 2 amide bonds. The van der Waals surface area contributed by atoms with Gasteiger partial charge in [-0.2, -0.15) is 0 Å². The largest absolute Gasteiger partial charge is 0.480 e. The van der Waals surface area contributed by atoms with Gasteiger partial charge in [0.1, 0.15) is 17.4 Å². The quantitative estimate of drug-likeness (QED) is 0.624. The first kappa shape index (κ1) is 11.9. The van der Waals surface area contributed by atoms with Crippen molar-refractivity contribution in [3.8, 4) is 0 Å². The highest BCUT2D eigenvalue weighted by atomic mass is 32.2. The molecule has 1 saturated heterocycles. The number of nitrogens with one attached hydrogen (secondary N) is 1. The lowest BCUT2D eigenvalue weighted by molar-refractivity contribution is -0.138. The predicted octanol–water partition coefficient (Wildman–Crippen LogP) is -0.953. The van der Waals surface area contributed by atoms with Crippen LogP contribution < -0.4 is 5.32 Å². The number of amides is 2. The second-order valence-electron chi connectivity index (χ2n) is 2.70. The summed E-state index contributed by atoms with van der Waals surface area (Å²) >= 11 is 6.03. The van der Waals surface area contributed by atoms with Crippen LogP contribution in [0.15, 0.2) is 0 Å². The van der Waals surface area contributed by atoms with Crippen molar-refractivity contribution in [3.05, 3.63) is 0 Å². The molecule has 0 bridgehead atoms. The fraction of sp³-hybridized carbons (Fsp3) is 0.429. The highest BCUT2D eigenvalue weighted by molar-refractivity contribution is 8.23. The molecule has 6 nitrogen and oxygen atoms in total. The van der Waals surface area contributed by atoms with E-state index < -0.39 is 18.4 Å². The number of rotatable bonds is 4. The van der Waals surface area contributed by atoms with Crippen LogP contribution in [-0.2, 0) is 14.4 Å². The molecule has 0 saturated carbocycles. The van der Waals surface area contributed by atoms with E-state index >= 15 is 0 Å². The Morgan fingerprint density at radius 1 is 1.60 bits per heavy atom. The number of carbonyl (C=O) groups is 3. The fourth-order valence-electron chi connectivity index (χ4n) is 0.908. The first-order valence-corrected chi connectivity index (χ1v) is 5.35. The van der Waals surface area contributed by atoms with Crippen molar-refractivity contribution >= 4 is 46.1 Å². The Bertz CT molecular complexity index is 315. The van der Waals surface area contributed by atoms with Gasteiger partial charge < -0.3 is 10.4 Å². The summed E-state index contributed by atoms with van der Waals surface area (Å²) < 4.78 is 0.352. The molecular weight excluding hydrogens is 240 g/mol. The van der Waals surface area contributed by atoms with E-state index in [-0.39, 0.29) is 18.2 Å². The molecule has 0 unspecified atom stereocenters. The number of hydrogen-bond donors (Lipinski definition) is 2. The lowest BCUT2D eigenvalue weighted by Crippen LogP contribution is -2.41. The van der Waals surface area contributed by atoms with Gasteiger partial charge in [0.25, 0.3) is 0 Å². The van der Waals surface area contributed by atoms with Crippen LogP contribution in [0.1, 0.15) is 0 Å². The van der Waals surface area contributed by atoms with Crippen LogP contribution in [0.3, 0.4) is 0 Å². The smallest absolute Gasteiger partial charge is 0.322 e. The SMILES string of the molecule is O=C(O)CNC(=O)CN1C(=O)CSC1=S.